The first-order chi connectivity index (χ1) is 6.25. The van der Waals surface area contributed by atoms with Gasteiger partial charge in [0.1, 0.15) is 5.69 Å². The molecule has 13 heavy (non-hydrogen) atoms. The van der Waals surface area contributed by atoms with Crippen LogP contribution in [0.3, 0.4) is 0 Å². The molecule has 1 aliphatic heterocycles. The number of nitrogens with zero attached hydrogens (tertiary/aromatic N) is 1. The highest BCUT2D eigenvalue weighted by molar-refractivity contribution is 7.13. The second-order valence-corrected chi connectivity index (χ2v) is 3.67. The summed E-state index contributed by atoms with van der Waals surface area (Å²) in [6.07, 6.45) is 0. The van der Waals surface area contributed by atoms with Crippen molar-refractivity contribution in [1.82, 2.24) is 10.3 Å². The molecule has 1 saturated heterocycles. The average Bonchev–Trinajstić information content (AvgIpc) is 2.44. The van der Waals surface area contributed by atoms with Crippen LogP contribution < -0.4 is 11.1 Å². The molecule has 1 aromatic heterocycles. The number of amides is 1. The molecule has 1 amide bonds. The van der Waals surface area contributed by atoms with Crippen molar-refractivity contribution in [2.45, 2.75) is 6.04 Å². The van der Waals surface area contributed by atoms with Gasteiger partial charge in [0.2, 0.25) is 0 Å². The van der Waals surface area contributed by atoms with E-state index in [0.717, 1.165) is 0 Å². The zero-order valence-corrected chi connectivity index (χ0v) is 7.63. The normalized spacial score (nSPS) is 16.6. The third-order valence-corrected chi connectivity index (χ3v) is 2.40. The van der Waals surface area contributed by atoms with Gasteiger partial charge >= 0.3 is 0 Å². The fourth-order valence-corrected chi connectivity index (χ4v) is 1.51. The number of ether oxygens (including phenoxy) is 1. The van der Waals surface area contributed by atoms with Crippen molar-refractivity contribution in [2.75, 3.05) is 18.9 Å². The fraction of sp³-hybridized carbons (Fsp3) is 0.429. The molecule has 0 radical (unpaired) electrons. The van der Waals surface area contributed by atoms with Gasteiger partial charge in [-0.3, -0.25) is 4.79 Å². The van der Waals surface area contributed by atoms with Crippen molar-refractivity contribution >= 4 is 22.4 Å². The van der Waals surface area contributed by atoms with Gasteiger partial charge in [0.25, 0.3) is 5.91 Å². The Labute approximate surface area is 78.9 Å². The molecular formula is C7H9N3O2S. The lowest BCUT2D eigenvalue weighted by atomic mass is 10.2. The van der Waals surface area contributed by atoms with E-state index in [-0.39, 0.29) is 11.9 Å². The van der Waals surface area contributed by atoms with Crippen LogP contribution in [0.4, 0.5) is 5.13 Å². The van der Waals surface area contributed by atoms with Crippen LogP contribution in [0, 0.1) is 0 Å². The van der Waals surface area contributed by atoms with Gasteiger partial charge in [0.15, 0.2) is 5.13 Å². The van der Waals surface area contributed by atoms with E-state index in [4.69, 9.17) is 10.5 Å². The molecule has 1 aromatic rings. The summed E-state index contributed by atoms with van der Waals surface area (Å²) in [6, 6.07) is 0.135. The first kappa shape index (κ1) is 8.46. The zero-order chi connectivity index (χ0) is 9.26. The van der Waals surface area contributed by atoms with Gasteiger partial charge in [-0.2, -0.15) is 0 Å². The molecule has 6 heteroatoms. The second kappa shape index (κ2) is 3.31. The number of nitrogen functional groups attached to an aromatic ring is 1. The van der Waals surface area contributed by atoms with Gasteiger partial charge in [-0.25, -0.2) is 4.98 Å². The number of nitrogens with two attached hydrogens (primary N) is 1. The summed E-state index contributed by atoms with van der Waals surface area (Å²) in [6.45, 7) is 1.18. The van der Waals surface area contributed by atoms with Crippen LogP contribution >= 0.6 is 11.3 Å². The van der Waals surface area contributed by atoms with E-state index in [1.165, 1.54) is 11.3 Å². The summed E-state index contributed by atoms with van der Waals surface area (Å²) in [4.78, 5) is 15.2. The number of aromatic nitrogens is 1. The van der Waals surface area contributed by atoms with E-state index in [2.05, 4.69) is 10.3 Å². The van der Waals surface area contributed by atoms with Gasteiger partial charge in [-0.05, 0) is 0 Å². The standard InChI is InChI=1S/C7H9N3O2S/c8-7-10-5(3-13-7)6(11)9-4-1-12-2-4/h3-4H,1-2H2,(H2,8,10)(H,9,11). The maximum Gasteiger partial charge on any atom is 0.271 e. The van der Waals surface area contributed by atoms with Crippen LogP contribution in [0.25, 0.3) is 0 Å². The van der Waals surface area contributed by atoms with Crippen molar-refractivity contribution in [3.8, 4) is 0 Å². The predicted octanol–water partition coefficient (Wildman–Crippen LogP) is -0.146. The van der Waals surface area contributed by atoms with Crippen LogP contribution in [0.2, 0.25) is 0 Å². The van der Waals surface area contributed by atoms with Crippen molar-refractivity contribution in [3.63, 3.8) is 0 Å². The molecule has 2 rings (SSSR count). The highest BCUT2D eigenvalue weighted by atomic mass is 32.1. The molecule has 0 spiro atoms. The van der Waals surface area contributed by atoms with Crippen LogP contribution in [0.1, 0.15) is 10.5 Å². The first-order valence-corrected chi connectivity index (χ1v) is 4.73. The Bertz CT molecular complexity index is 321. The summed E-state index contributed by atoms with van der Waals surface area (Å²) >= 11 is 1.26. The smallest absolute Gasteiger partial charge is 0.271 e. The first-order valence-electron chi connectivity index (χ1n) is 3.85. The minimum atomic E-state index is -0.179. The summed E-state index contributed by atoms with van der Waals surface area (Å²) in [5.74, 6) is -0.179. The van der Waals surface area contributed by atoms with Gasteiger partial charge in [0.05, 0.1) is 19.3 Å². The lowest BCUT2D eigenvalue weighted by molar-refractivity contribution is -0.00353. The molecule has 1 fully saturated rings. The van der Waals surface area contributed by atoms with Crippen LogP contribution in [-0.2, 0) is 4.74 Å². The number of thiazole rings is 1. The van der Waals surface area contributed by atoms with E-state index in [1.54, 1.807) is 5.38 Å². The summed E-state index contributed by atoms with van der Waals surface area (Å²) in [7, 11) is 0. The molecule has 1 aliphatic rings. The molecule has 2 heterocycles. The summed E-state index contributed by atoms with van der Waals surface area (Å²) in [5.41, 5.74) is 5.78. The number of carbonyl (C=O) groups is 1. The quantitative estimate of drug-likeness (QED) is 0.694. The van der Waals surface area contributed by atoms with Crippen molar-refractivity contribution in [2.24, 2.45) is 0 Å². The minimum Gasteiger partial charge on any atom is -0.377 e. The number of rotatable bonds is 2. The third-order valence-electron chi connectivity index (χ3n) is 1.73. The zero-order valence-electron chi connectivity index (χ0n) is 6.82. The topological polar surface area (TPSA) is 77.2 Å². The number of hydrogen-bond acceptors (Lipinski definition) is 5. The number of anilines is 1. The molecule has 0 saturated carbocycles. The Kier molecular flexibility index (Phi) is 2.15. The maximum atomic E-state index is 11.4. The Hall–Kier alpha value is -1.14. The Morgan fingerprint density at radius 2 is 2.54 bits per heavy atom. The predicted molar refractivity (Wildman–Crippen MR) is 48.6 cm³/mol. The van der Waals surface area contributed by atoms with Gasteiger partial charge in [-0.1, -0.05) is 0 Å². The molecule has 0 aliphatic carbocycles. The molecule has 0 bridgehead atoms. The molecule has 0 atom stereocenters. The fourth-order valence-electron chi connectivity index (χ4n) is 0.970. The lowest BCUT2D eigenvalue weighted by Gasteiger charge is -2.26. The Balaban J connectivity index is 1.96. The Morgan fingerprint density at radius 3 is 3.00 bits per heavy atom. The van der Waals surface area contributed by atoms with E-state index in [9.17, 15) is 4.79 Å². The molecule has 5 nitrogen and oxygen atoms in total. The van der Waals surface area contributed by atoms with Gasteiger partial charge < -0.3 is 15.8 Å². The van der Waals surface area contributed by atoms with E-state index >= 15 is 0 Å². The number of hydrogen-bond donors (Lipinski definition) is 2. The van der Waals surface area contributed by atoms with Gasteiger partial charge in [0, 0.05) is 5.38 Å². The van der Waals surface area contributed by atoms with Crippen molar-refractivity contribution in [3.05, 3.63) is 11.1 Å². The van der Waals surface area contributed by atoms with E-state index in [0.29, 0.717) is 24.0 Å². The van der Waals surface area contributed by atoms with Crippen LogP contribution in [0.15, 0.2) is 5.38 Å². The van der Waals surface area contributed by atoms with E-state index in [1.807, 2.05) is 0 Å². The largest absolute Gasteiger partial charge is 0.377 e. The minimum absolute atomic E-state index is 0.135. The second-order valence-electron chi connectivity index (χ2n) is 2.78. The summed E-state index contributed by atoms with van der Waals surface area (Å²) in [5, 5.41) is 4.83. The lowest BCUT2D eigenvalue weighted by Crippen LogP contribution is -2.48. The average molecular weight is 199 g/mol. The summed E-state index contributed by atoms with van der Waals surface area (Å²) < 4.78 is 4.92. The number of carbonyl (C=O) groups excluding carboxylic acids is 1. The molecule has 0 aromatic carbocycles. The molecule has 70 valence electrons. The molecular weight excluding hydrogens is 190 g/mol. The maximum absolute atomic E-state index is 11.4. The van der Waals surface area contributed by atoms with Crippen molar-refractivity contribution in [1.29, 1.82) is 0 Å². The van der Waals surface area contributed by atoms with Crippen LogP contribution in [-0.4, -0.2) is 30.1 Å². The van der Waals surface area contributed by atoms with E-state index < -0.39 is 0 Å². The SMILES string of the molecule is Nc1nc(C(=O)NC2COC2)cs1. The molecule has 3 N–H and O–H groups in total. The van der Waals surface area contributed by atoms with Crippen molar-refractivity contribution < 1.29 is 9.53 Å². The van der Waals surface area contributed by atoms with Gasteiger partial charge in [-0.15, -0.1) is 11.3 Å². The van der Waals surface area contributed by atoms with Crippen LogP contribution in [0.5, 0.6) is 0 Å². The number of nitrogens with one attached hydrogen (secondary N) is 1. The highest BCUT2D eigenvalue weighted by Crippen LogP contribution is 2.11. The molecule has 0 unspecified atom stereocenters. The highest BCUT2D eigenvalue weighted by Gasteiger charge is 2.21. The monoisotopic (exact) mass is 199 g/mol. The third kappa shape index (κ3) is 1.78. The Morgan fingerprint density at radius 1 is 1.77 bits per heavy atom.